The molecule has 5 heteroatoms. The van der Waals surface area contributed by atoms with Crippen molar-refractivity contribution in [3.8, 4) is 0 Å². The number of anilines is 1. The molecule has 1 atom stereocenters. The van der Waals surface area contributed by atoms with E-state index in [4.69, 9.17) is 5.73 Å². The topological polar surface area (TPSA) is 72.2 Å². The van der Waals surface area contributed by atoms with Crippen LogP contribution in [-0.4, -0.2) is 20.7 Å². The van der Waals surface area contributed by atoms with Crippen LogP contribution in [0.15, 0.2) is 24.3 Å². The first kappa shape index (κ1) is 12.0. The fourth-order valence-corrected chi connectivity index (χ4v) is 1.90. The van der Waals surface area contributed by atoms with E-state index in [1.54, 1.807) is 12.1 Å². The second kappa shape index (κ2) is 4.63. The van der Waals surface area contributed by atoms with Gasteiger partial charge in [0.2, 0.25) is 10.0 Å². The Labute approximate surface area is 90.5 Å². The normalized spacial score (nSPS) is 13.5. The third-order valence-corrected chi connectivity index (χ3v) is 2.39. The summed E-state index contributed by atoms with van der Waals surface area (Å²) in [6.45, 7) is 1.91. The molecule has 0 heterocycles. The molecule has 1 unspecified atom stereocenters. The summed E-state index contributed by atoms with van der Waals surface area (Å²) >= 11 is 0. The van der Waals surface area contributed by atoms with E-state index in [1.807, 2.05) is 19.1 Å². The number of sulfonamides is 1. The van der Waals surface area contributed by atoms with E-state index in [0.29, 0.717) is 5.69 Å². The molecule has 0 spiro atoms. The van der Waals surface area contributed by atoms with E-state index in [9.17, 15) is 8.42 Å². The fraction of sp³-hybridized carbons (Fsp3) is 0.400. The molecule has 1 aromatic carbocycles. The first-order valence-corrected chi connectivity index (χ1v) is 6.58. The Bertz CT molecular complexity index is 427. The van der Waals surface area contributed by atoms with E-state index in [2.05, 4.69) is 4.72 Å². The van der Waals surface area contributed by atoms with Crippen LogP contribution < -0.4 is 10.5 Å². The molecule has 0 aromatic heterocycles. The summed E-state index contributed by atoms with van der Waals surface area (Å²) in [7, 11) is -3.20. The summed E-state index contributed by atoms with van der Waals surface area (Å²) in [6.07, 6.45) is 1.87. The molecule has 84 valence electrons. The van der Waals surface area contributed by atoms with Crippen LogP contribution in [0.1, 0.15) is 12.5 Å². The SMILES string of the molecule is CC(N)Cc1cccc(NS(C)(=O)=O)c1. The van der Waals surface area contributed by atoms with Gasteiger partial charge in [-0.15, -0.1) is 0 Å². The molecule has 0 aliphatic carbocycles. The minimum Gasteiger partial charge on any atom is -0.328 e. The summed E-state index contributed by atoms with van der Waals surface area (Å²) in [5.74, 6) is 0. The summed E-state index contributed by atoms with van der Waals surface area (Å²) in [5, 5.41) is 0. The molecule has 3 N–H and O–H groups in total. The molecule has 0 radical (unpaired) electrons. The Morgan fingerprint density at radius 1 is 1.47 bits per heavy atom. The van der Waals surface area contributed by atoms with Crippen molar-refractivity contribution in [1.29, 1.82) is 0 Å². The summed E-state index contributed by atoms with van der Waals surface area (Å²) in [5.41, 5.74) is 7.27. The zero-order valence-electron chi connectivity index (χ0n) is 8.90. The predicted molar refractivity (Wildman–Crippen MR) is 62.3 cm³/mol. The second-order valence-electron chi connectivity index (χ2n) is 3.76. The van der Waals surface area contributed by atoms with E-state index in [-0.39, 0.29) is 6.04 Å². The van der Waals surface area contributed by atoms with Gasteiger partial charge in [-0.05, 0) is 31.0 Å². The Kier molecular flexibility index (Phi) is 3.71. The van der Waals surface area contributed by atoms with Gasteiger partial charge in [0.1, 0.15) is 0 Å². The van der Waals surface area contributed by atoms with Gasteiger partial charge in [0.15, 0.2) is 0 Å². The lowest BCUT2D eigenvalue weighted by molar-refractivity contribution is 0.607. The van der Waals surface area contributed by atoms with Crippen LogP contribution in [0.4, 0.5) is 5.69 Å². The molecular weight excluding hydrogens is 212 g/mol. The number of rotatable bonds is 4. The van der Waals surface area contributed by atoms with Gasteiger partial charge < -0.3 is 5.73 Å². The van der Waals surface area contributed by atoms with Crippen molar-refractivity contribution in [2.75, 3.05) is 11.0 Å². The lowest BCUT2D eigenvalue weighted by Crippen LogP contribution is -2.18. The van der Waals surface area contributed by atoms with Crippen LogP contribution in [0.5, 0.6) is 0 Å². The third-order valence-electron chi connectivity index (χ3n) is 1.79. The standard InChI is InChI=1S/C10H16N2O2S/c1-8(11)6-9-4-3-5-10(7-9)12-15(2,13)14/h3-5,7-8,12H,6,11H2,1-2H3. The third kappa shape index (κ3) is 4.80. The largest absolute Gasteiger partial charge is 0.328 e. The van der Waals surface area contributed by atoms with E-state index in [0.717, 1.165) is 18.2 Å². The van der Waals surface area contributed by atoms with Crippen molar-refractivity contribution in [2.24, 2.45) is 5.73 Å². The van der Waals surface area contributed by atoms with Crippen molar-refractivity contribution in [2.45, 2.75) is 19.4 Å². The quantitative estimate of drug-likeness (QED) is 0.806. The van der Waals surface area contributed by atoms with E-state index in [1.165, 1.54) is 0 Å². The summed E-state index contributed by atoms with van der Waals surface area (Å²) in [4.78, 5) is 0. The molecule has 0 aliphatic rings. The molecule has 0 bridgehead atoms. The zero-order valence-corrected chi connectivity index (χ0v) is 9.71. The smallest absolute Gasteiger partial charge is 0.229 e. The van der Waals surface area contributed by atoms with Crippen LogP contribution in [0.25, 0.3) is 0 Å². The van der Waals surface area contributed by atoms with Crippen LogP contribution in [-0.2, 0) is 16.4 Å². The Hall–Kier alpha value is -1.07. The number of hydrogen-bond donors (Lipinski definition) is 2. The van der Waals surface area contributed by atoms with Crippen molar-refractivity contribution in [3.05, 3.63) is 29.8 Å². The summed E-state index contributed by atoms with van der Waals surface area (Å²) in [6, 6.07) is 7.32. The van der Waals surface area contributed by atoms with Crippen LogP contribution >= 0.6 is 0 Å². The molecule has 0 amide bonds. The molecule has 1 rings (SSSR count). The molecule has 0 saturated carbocycles. The highest BCUT2D eigenvalue weighted by Crippen LogP contribution is 2.12. The lowest BCUT2D eigenvalue weighted by atomic mass is 10.1. The molecule has 0 aliphatic heterocycles. The highest BCUT2D eigenvalue weighted by atomic mass is 32.2. The predicted octanol–water partition coefficient (Wildman–Crippen LogP) is 0.948. The monoisotopic (exact) mass is 228 g/mol. The Balaban J connectivity index is 2.83. The Morgan fingerprint density at radius 2 is 2.13 bits per heavy atom. The van der Waals surface area contributed by atoms with Gasteiger partial charge in [-0.1, -0.05) is 12.1 Å². The number of benzene rings is 1. The number of hydrogen-bond acceptors (Lipinski definition) is 3. The Morgan fingerprint density at radius 3 is 2.67 bits per heavy atom. The van der Waals surface area contributed by atoms with Crippen molar-refractivity contribution >= 4 is 15.7 Å². The zero-order chi connectivity index (χ0) is 11.5. The van der Waals surface area contributed by atoms with Gasteiger partial charge in [0, 0.05) is 11.7 Å². The van der Waals surface area contributed by atoms with Gasteiger partial charge in [-0.2, -0.15) is 0 Å². The molecule has 4 nitrogen and oxygen atoms in total. The highest BCUT2D eigenvalue weighted by molar-refractivity contribution is 7.92. The maximum Gasteiger partial charge on any atom is 0.229 e. The minimum atomic E-state index is -3.20. The van der Waals surface area contributed by atoms with Crippen LogP contribution in [0.2, 0.25) is 0 Å². The molecular formula is C10H16N2O2S. The van der Waals surface area contributed by atoms with Crippen LogP contribution in [0, 0.1) is 0 Å². The minimum absolute atomic E-state index is 0.0680. The number of nitrogens with one attached hydrogen (secondary N) is 1. The number of nitrogens with two attached hydrogens (primary N) is 1. The summed E-state index contributed by atoms with van der Waals surface area (Å²) < 4.78 is 24.4. The van der Waals surface area contributed by atoms with Crippen LogP contribution in [0.3, 0.4) is 0 Å². The lowest BCUT2D eigenvalue weighted by Gasteiger charge is -2.08. The van der Waals surface area contributed by atoms with Gasteiger partial charge in [-0.3, -0.25) is 4.72 Å². The van der Waals surface area contributed by atoms with E-state index >= 15 is 0 Å². The van der Waals surface area contributed by atoms with Gasteiger partial charge in [-0.25, -0.2) is 8.42 Å². The maximum atomic E-state index is 11.0. The average Bonchev–Trinajstić information content (AvgIpc) is 1.99. The second-order valence-corrected chi connectivity index (χ2v) is 5.50. The van der Waals surface area contributed by atoms with Crippen molar-refractivity contribution in [1.82, 2.24) is 0 Å². The fourth-order valence-electron chi connectivity index (χ4n) is 1.35. The van der Waals surface area contributed by atoms with Crippen molar-refractivity contribution in [3.63, 3.8) is 0 Å². The average molecular weight is 228 g/mol. The van der Waals surface area contributed by atoms with Crippen molar-refractivity contribution < 1.29 is 8.42 Å². The van der Waals surface area contributed by atoms with Gasteiger partial charge in [0.25, 0.3) is 0 Å². The van der Waals surface area contributed by atoms with E-state index < -0.39 is 10.0 Å². The van der Waals surface area contributed by atoms with Gasteiger partial charge in [0.05, 0.1) is 6.26 Å². The molecule has 0 fully saturated rings. The first-order chi connectivity index (χ1) is 6.87. The highest BCUT2D eigenvalue weighted by Gasteiger charge is 2.03. The molecule has 0 saturated heterocycles. The van der Waals surface area contributed by atoms with Gasteiger partial charge >= 0.3 is 0 Å². The molecule has 1 aromatic rings. The maximum absolute atomic E-state index is 11.0. The molecule has 15 heavy (non-hydrogen) atoms. The first-order valence-electron chi connectivity index (χ1n) is 4.69.